The molecule has 1 aliphatic heterocycles. The zero-order valence-corrected chi connectivity index (χ0v) is 14.5. The van der Waals surface area contributed by atoms with Crippen LogP contribution in [0, 0.1) is 5.82 Å². The van der Waals surface area contributed by atoms with Crippen LogP contribution < -0.4 is 4.74 Å². The summed E-state index contributed by atoms with van der Waals surface area (Å²) in [5.41, 5.74) is 0.457. The Hall–Kier alpha value is -2.41. The molecule has 1 amide bonds. The highest BCUT2D eigenvalue weighted by Gasteiger charge is 2.32. The predicted molar refractivity (Wildman–Crippen MR) is 92.1 cm³/mol. The number of hydrogen-bond acceptors (Lipinski definition) is 4. The largest absolute Gasteiger partial charge is 0.457 e. The SMILES string of the molecule is CN(C(=O)c1ccc(Oc2ccc(F)cc2)cc1)[C@H]1CCS(=O)(=O)C1. The lowest BCUT2D eigenvalue weighted by Gasteiger charge is -2.23. The Labute approximate surface area is 145 Å². The minimum Gasteiger partial charge on any atom is -0.457 e. The summed E-state index contributed by atoms with van der Waals surface area (Å²) in [4.78, 5) is 14.0. The smallest absolute Gasteiger partial charge is 0.253 e. The van der Waals surface area contributed by atoms with Gasteiger partial charge >= 0.3 is 0 Å². The quantitative estimate of drug-likeness (QED) is 0.838. The van der Waals surface area contributed by atoms with E-state index in [4.69, 9.17) is 4.74 Å². The molecule has 1 heterocycles. The van der Waals surface area contributed by atoms with E-state index in [0.717, 1.165) is 0 Å². The number of sulfone groups is 1. The maximum atomic E-state index is 12.9. The number of nitrogens with zero attached hydrogens (tertiary/aromatic N) is 1. The number of rotatable bonds is 4. The van der Waals surface area contributed by atoms with Crippen molar-refractivity contribution in [2.45, 2.75) is 12.5 Å². The predicted octanol–water partition coefficient (Wildman–Crippen LogP) is 2.88. The average molecular weight is 363 g/mol. The van der Waals surface area contributed by atoms with Crippen molar-refractivity contribution < 1.29 is 22.3 Å². The van der Waals surface area contributed by atoms with Gasteiger partial charge in [-0.05, 0) is 55.0 Å². The van der Waals surface area contributed by atoms with E-state index in [-0.39, 0.29) is 29.3 Å². The fourth-order valence-electron chi connectivity index (χ4n) is 2.75. The summed E-state index contributed by atoms with van der Waals surface area (Å²) in [6.45, 7) is 0. The van der Waals surface area contributed by atoms with E-state index in [2.05, 4.69) is 0 Å². The summed E-state index contributed by atoms with van der Waals surface area (Å²) >= 11 is 0. The summed E-state index contributed by atoms with van der Waals surface area (Å²) in [6.07, 6.45) is 0.469. The molecule has 7 heteroatoms. The second-order valence-electron chi connectivity index (χ2n) is 6.05. The molecule has 132 valence electrons. The Morgan fingerprint density at radius 2 is 1.64 bits per heavy atom. The van der Waals surface area contributed by atoms with E-state index in [1.54, 1.807) is 31.3 Å². The van der Waals surface area contributed by atoms with E-state index in [0.29, 0.717) is 23.5 Å². The lowest BCUT2D eigenvalue weighted by molar-refractivity contribution is 0.0747. The maximum Gasteiger partial charge on any atom is 0.253 e. The minimum atomic E-state index is -3.04. The molecule has 0 saturated carbocycles. The average Bonchev–Trinajstić information content (AvgIpc) is 2.96. The normalized spacial score (nSPS) is 18.7. The Balaban J connectivity index is 1.67. The van der Waals surface area contributed by atoms with Gasteiger partial charge in [0.2, 0.25) is 0 Å². The lowest BCUT2D eigenvalue weighted by Crippen LogP contribution is -2.37. The first kappa shape index (κ1) is 17.4. The first-order valence-electron chi connectivity index (χ1n) is 7.85. The molecule has 1 fully saturated rings. The van der Waals surface area contributed by atoms with Crippen LogP contribution >= 0.6 is 0 Å². The van der Waals surface area contributed by atoms with Crippen LogP contribution in [0.25, 0.3) is 0 Å². The van der Waals surface area contributed by atoms with Gasteiger partial charge in [0.1, 0.15) is 17.3 Å². The fourth-order valence-corrected chi connectivity index (χ4v) is 4.53. The van der Waals surface area contributed by atoms with Crippen LogP contribution in [0.3, 0.4) is 0 Å². The number of amides is 1. The van der Waals surface area contributed by atoms with Gasteiger partial charge in [-0.3, -0.25) is 4.79 Å². The highest BCUT2D eigenvalue weighted by molar-refractivity contribution is 7.91. The van der Waals surface area contributed by atoms with Crippen molar-refractivity contribution in [3.05, 3.63) is 59.9 Å². The molecule has 2 aromatic rings. The van der Waals surface area contributed by atoms with E-state index in [9.17, 15) is 17.6 Å². The molecule has 2 aromatic carbocycles. The number of carbonyl (C=O) groups excluding carboxylic acids is 1. The first-order valence-corrected chi connectivity index (χ1v) is 9.67. The van der Waals surface area contributed by atoms with Crippen LogP contribution in [0.4, 0.5) is 4.39 Å². The number of benzene rings is 2. The van der Waals surface area contributed by atoms with Gasteiger partial charge in [-0.1, -0.05) is 0 Å². The van der Waals surface area contributed by atoms with Crippen LogP contribution in [-0.2, 0) is 9.84 Å². The molecule has 0 spiro atoms. The van der Waals surface area contributed by atoms with Gasteiger partial charge in [0.15, 0.2) is 9.84 Å². The van der Waals surface area contributed by atoms with Crippen LogP contribution in [0.2, 0.25) is 0 Å². The van der Waals surface area contributed by atoms with Crippen LogP contribution in [-0.4, -0.2) is 43.8 Å². The van der Waals surface area contributed by atoms with Gasteiger partial charge in [0.05, 0.1) is 11.5 Å². The van der Waals surface area contributed by atoms with Gasteiger partial charge in [0.25, 0.3) is 5.91 Å². The molecule has 1 aliphatic rings. The molecular weight excluding hydrogens is 345 g/mol. The van der Waals surface area contributed by atoms with Crippen molar-refractivity contribution in [2.24, 2.45) is 0 Å². The molecule has 1 atom stereocenters. The monoisotopic (exact) mass is 363 g/mol. The van der Waals surface area contributed by atoms with Crippen LogP contribution in [0.5, 0.6) is 11.5 Å². The summed E-state index contributed by atoms with van der Waals surface area (Å²) < 4.78 is 41.6. The second kappa shape index (κ2) is 6.84. The molecule has 0 aliphatic carbocycles. The molecule has 0 radical (unpaired) electrons. The molecular formula is C18H18FNO4S. The Bertz CT molecular complexity index is 863. The van der Waals surface area contributed by atoms with Crippen molar-refractivity contribution >= 4 is 15.7 Å². The van der Waals surface area contributed by atoms with Gasteiger partial charge in [-0.15, -0.1) is 0 Å². The Morgan fingerprint density at radius 3 is 2.16 bits per heavy atom. The third-order valence-corrected chi connectivity index (χ3v) is 5.98. The summed E-state index contributed by atoms with van der Waals surface area (Å²) in [5, 5.41) is 0. The van der Waals surface area contributed by atoms with E-state index >= 15 is 0 Å². The minimum absolute atomic E-state index is 0.0149. The summed E-state index contributed by atoms with van der Waals surface area (Å²) in [7, 11) is -1.42. The summed E-state index contributed by atoms with van der Waals surface area (Å²) in [5.74, 6) is 0.587. The van der Waals surface area contributed by atoms with E-state index < -0.39 is 9.84 Å². The van der Waals surface area contributed by atoms with Crippen molar-refractivity contribution in [3.63, 3.8) is 0 Å². The Morgan fingerprint density at radius 1 is 1.08 bits per heavy atom. The standard InChI is InChI=1S/C18H18FNO4S/c1-20(15-10-11-25(22,23)12-15)18(21)13-2-6-16(7-3-13)24-17-8-4-14(19)5-9-17/h2-9,15H,10-12H2,1H3/t15-/m0/s1. The highest BCUT2D eigenvalue weighted by atomic mass is 32.2. The van der Waals surface area contributed by atoms with Gasteiger partial charge < -0.3 is 9.64 Å². The number of ether oxygens (including phenoxy) is 1. The number of carbonyl (C=O) groups is 1. The number of halogens is 1. The zero-order valence-electron chi connectivity index (χ0n) is 13.7. The van der Waals surface area contributed by atoms with Crippen molar-refractivity contribution in [1.29, 1.82) is 0 Å². The topological polar surface area (TPSA) is 63.7 Å². The Kier molecular flexibility index (Phi) is 4.76. The third-order valence-electron chi connectivity index (χ3n) is 4.23. The van der Waals surface area contributed by atoms with Gasteiger partial charge in [-0.25, -0.2) is 12.8 Å². The van der Waals surface area contributed by atoms with Crippen molar-refractivity contribution in [1.82, 2.24) is 4.90 Å². The molecule has 3 rings (SSSR count). The van der Waals surface area contributed by atoms with E-state index in [1.807, 2.05) is 0 Å². The second-order valence-corrected chi connectivity index (χ2v) is 8.28. The lowest BCUT2D eigenvalue weighted by atomic mass is 10.1. The van der Waals surface area contributed by atoms with E-state index in [1.165, 1.54) is 29.2 Å². The zero-order chi connectivity index (χ0) is 18.0. The molecule has 1 saturated heterocycles. The molecule has 0 bridgehead atoms. The van der Waals surface area contributed by atoms with Gasteiger partial charge in [0, 0.05) is 18.7 Å². The third kappa shape index (κ3) is 4.17. The van der Waals surface area contributed by atoms with Crippen LogP contribution in [0.15, 0.2) is 48.5 Å². The number of hydrogen-bond donors (Lipinski definition) is 0. The van der Waals surface area contributed by atoms with Crippen LogP contribution in [0.1, 0.15) is 16.8 Å². The highest BCUT2D eigenvalue weighted by Crippen LogP contribution is 2.23. The van der Waals surface area contributed by atoms with Crippen molar-refractivity contribution in [2.75, 3.05) is 18.6 Å². The summed E-state index contributed by atoms with van der Waals surface area (Å²) in [6, 6.07) is 11.9. The maximum absolute atomic E-state index is 12.9. The van der Waals surface area contributed by atoms with Gasteiger partial charge in [-0.2, -0.15) is 0 Å². The fraction of sp³-hybridized carbons (Fsp3) is 0.278. The molecule has 25 heavy (non-hydrogen) atoms. The first-order chi connectivity index (χ1) is 11.8. The van der Waals surface area contributed by atoms with Crippen molar-refractivity contribution in [3.8, 4) is 11.5 Å². The molecule has 0 aromatic heterocycles. The molecule has 0 unspecified atom stereocenters. The molecule has 5 nitrogen and oxygen atoms in total. The molecule has 0 N–H and O–H groups in total.